The average Bonchev–Trinajstić information content (AvgIpc) is 2.66. The second-order valence-electron chi connectivity index (χ2n) is 6.60. The van der Waals surface area contributed by atoms with Crippen LogP contribution in [-0.2, 0) is 11.3 Å². The third-order valence-electron chi connectivity index (χ3n) is 4.53. The number of fused-ring (bicyclic) bond motifs is 1. The molecule has 0 aliphatic carbocycles. The van der Waals surface area contributed by atoms with Crippen molar-refractivity contribution in [2.45, 2.75) is 33.2 Å². The Kier molecular flexibility index (Phi) is 5.31. The van der Waals surface area contributed by atoms with E-state index >= 15 is 0 Å². The monoisotopic (exact) mass is 364 g/mol. The van der Waals surface area contributed by atoms with Crippen LogP contribution in [0.25, 0.3) is 28.2 Å². The first-order chi connectivity index (χ1) is 13.0. The van der Waals surface area contributed by atoms with E-state index in [-0.39, 0.29) is 17.3 Å². The molecule has 0 spiro atoms. The van der Waals surface area contributed by atoms with Crippen LogP contribution in [0.4, 0.5) is 4.39 Å². The number of aryl methyl sites for hydroxylation is 1. The fourth-order valence-electron chi connectivity index (χ4n) is 3.31. The number of pyridine rings is 2. The van der Waals surface area contributed by atoms with Gasteiger partial charge < -0.3 is 0 Å². The molecule has 0 aliphatic rings. The zero-order valence-corrected chi connectivity index (χ0v) is 15.6. The van der Waals surface area contributed by atoms with Gasteiger partial charge in [0.2, 0.25) is 0 Å². The Morgan fingerprint density at radius 2 is 1.85 bits per heavy atom. The van der Waals surface area contributed by atoms with Crippen LogP contribution < -0.4 is 5.56 Å². The quantitative estimate of drug-likeness (QED) is 0.493. The molecular formula is C22H21FN2O2. The lowest BCUT2D eigenvalue weighted by Crippen LogP contribution is -2.20. The van der Waals surface area contributed by atoms with Crippen LogP contribution in [0, 0.1) is 5.82 Å². The molecule has 0 unspecified atom stereocenters. The fraction of sp³-hybridized carbons (Fsp3) is 0.227. The average molecular weight is 364 g/mol. The summed E-state index contributed by atoms with van der Waals surface area (Å²) in [5.74, 6) is -0.253. The number of aromatic nitrogens is 2. The normalized spacial score (nSPS) is 11.6. The molecule has 4 nitrogen and oxygen atoms in total. The highest BCUT2D eigenvalue weighted by atomic mass is 19.1. The maximum atomic E-state index is 13.5. The van der Waals surface area contributed by atoms with Gasteiger partial charge in [-0.15, -0.1) is 0 Å². The van der Waals surface area contributed by atoms with Crippen molar-refractivity contribution in [2.24, 2.45) is 0 Å². The summed E-state index contributed by atoms with van der Waals surface area (Å²) in [6.07, 6.45) is 3.88. The van der Waals surface area contributed by atoms with E-state index in [2.05, 4.69) is 0 Å². The Morgan fingerprint density at radius 3 is 2.44 bits per heavy atom. The third kappa shape index (κ3) is 3.45. The van der Waals surface area contributed by atoms with Gasteiger partial charge in [-0.3, -0.25) is 14.2 Å². The maximum Gasteiger partial charge on any atom is 0.252 e. The number of carbonyl (C=O) groups excluding carboxylic acids is 1. The van der Waals surface area contributed by atoms with Crippen LogP contribution in [0.1, 0.15) is 37.9 Å². The Morgan fingerprint density at radius 1 is 1.15 bits per heavy atom. The smallest absolute Gasteiger partial charge is 0.252 e. The topological polar surface area (TPSA) is 52.0 Å². The summed E-state index contributed by atoms with van der Waals surface area (Å²) in [5.41, 5.74) is 3.71. The molecule has 0 radical (unpaired) electrons. The predicted molar refractivity (Wildman–Crippen MR) is 106 cm³/mol. The summed E-state index contributed by atoms with van der Waals surface area (Å²) in [6.45, 7) is 6.42. The van der Waals surface area contributed by atoms with E-state index in [1.54, 1.807) is 28.8 Å². The van der Waals surface area contributed by atoms with Crippen LogP contribution in [0.15, 0.2) is 47.3 Å². The number of allylic oxidation sites excluding steroid dienone is 1. The summed E-state index contributed by atoms with van der Waals surface area (Å²) in [5, 5.41) is 0.790. The molecule has 2 aromatic heterocycles. The van der Waals surface area contributed by atoms with Gasteiger partial charge in [-0.05, 0) is 48.8 Å². The molecule has 0 saturated heterocycles. The van der Waals surface area contributed by atoms with E-state index in [0.29, 0.717) is 12.2 Å². The molecule has 1 aromatic carbocycles. The van der Waals surface area contributed by atoms with E-state index < -0.39 is 0 Å². The highest BCUT2D eigenvalue weighted by Gasteiger charge is 2.19. The molecule has 0 amide bonds. The number of benzene rings is 1. The molecule has 27 heavy (non-hydrogen) atoms. The minimum Gasteiger partial charge on any atom is -0.299 e. The van der Waals surface area contributed by atoms with Crippen LogP contribution in [0.5, 0.6) is 0 Å². The standard InChI is InChI=1S/C22H21FN2O2/c1-4-25-19(27)12-11-18-20(15-7-9-16(23)10-8-15)17(6-5-13-26)21(14(2)3)24-22(18)25/h5-14H,4H2,1-3H3. The third-order valence-corrected chi connectivity index (χ3v) is 4.53. The molecule has 0 atom stereocenters. The van der Waals surface area contributed by atoms with Crippen molar-refractivity contribution in [3.8, 4) is 11.1 Å². The van der Waals surface area contributed by atoms with Crippen molar-refractivity contribution in [1.29, 1.82) is 0 Å². The second kappa shape index (κ2) is 7.66. The lowest BCUT2D eigenvalue weighted by atomic mass is 9.91. The molecule has 0 aliphatic heterocycles. The van der Waals surface area contributed by atoms with Crippen LogP contribution in [0.2, 0.25) is 0 Å². The molecule has 0 fully saturated rings. The van der Waals surface area contributed by atoms with Gasteiger partial charge in [0.15, 0.2) is 0 Å². The van der Waals surface area contributed by atoms with Crippen molar-refractivity contribution >= 4 is 23.4 Å². The van der Waals surface area contributed by atoms with Gasteiger partial charge in [-0.2, -0.15) is 0 Å². The second-order valence-corrected chi connectivity index (χ2v) is 6.60. The Balaban J connectivity index is 2.54. The summed E-state index contributed by atoms with van der Waals surface area (Å²) in [6, 6.07) is 9.47. The number of carbonyl (C=O) groups is 1. The fourth-order valence-corrected chi connectivity index (χ4v) is 3.31. The minimum absolute atomic E-state index is 0.0699. The van der Waals surface area contributed by atoms with Crippen molar-refractivity contribution in [3.63, 3.8) is 0 Å². The van der Waals surface area contributed by atoms with Gasteiger partial charge in [-0.25, -0.2) is 9.37 Å². The molecular weight excluding hydrogens is 343 g/mol. The van der Waals surface area contributed by atoms with Crippen molar-refractivity contribution in [3.05, 3.63) is 69.9 Å². The van der Waals surface area contributed by atoms with Gasteiger partial charge in [0.1, 0.15) is 17.8 Å². The molecule has 0 saturated carbocycles. The summed E-state index contributed by atoms with van der Waals surface area (Å²) >= 11 is 0. The molecule has 0 bridgehead atoms. The van der Waals surface area contributed by atoms with Gasteiger partial charge in [0.25, 0.3) is 5.56 Å². The number of rotatable bonds is 5. The van der Waals surface area contributed by atoms with Crippen LogP contribution >= 0.6 is 0 Å². The first kappa shape index (κ1) is 18.7. The highest BCUT2D eigenvalue weighted by Crippen LogP contribution is 2.36. The Bertz CT molecular complexity index is 1080. The number of aldehydes is 1. The zero-order chi connectivity index (χ0) is 19.6. The van der Waals surface area contributed by atoms with Crippen LogP contribution in [-0.4, -0.2) is 15.8 Å². The number of halogens is 1. The molecule has 5 heteroatoms. The highest BCUT2D eigenvalue weighted by molar-refractivity contribution is 5.99. The van der Waals surface area contributed by atoms with Crippen LogP contribution in [0.3, 0.4) is 0 Å². The van der Waals surface area contributed by atoms with E-state index in [1.807, 2.05) is 20.8 Å². The molecule has 2 heterocycles. The van der Waals surface area contributed by atoms with Crippen molar-refractivity contribution in [2.75, 3.05) is 0 Å². The molecule has 3 aromatic rings. The summed E-state index contributed by atoms with van der Waals surface area (Å²) in [4.78, 5) is 28.1. The number of hydrogen-bond donors (Lipinski definition) is 0. The van der Waals surface area contributed by atoms with Gasteiger partial charge in [-0.1, -0.05) is 26.0 Å². The molecule has 0 N–H and O–H groups in total. The molecule has 3 rings (SSSR count). The van der Waals surface area contributed by atoms with Gasteiger partial charge >= 0.3 is 0 Å². The largest absolute Gasteiger partial charge is 0.299 e. The summed E-state index contributed by atoms with van der Waals surface area (Å²) in [7, 11) is 0. The van der Waals surface area contributed by atoms with E-state index in [9.17, 15) is 14.0 Å². The summed E-state index contributed by atoms with van der Waals surface area (Å²) < 4.78 is 15.1. The van der Waals surface area contributed by atoms with Gasteiger partial charge in [0.05, 0.1) is 5.69 Å². The minimum atomic E-state index is -0.323. The Labute approximate surface area is 157 Å². The lowest BCUT2D eigenvalue weighted by Gasteiger charge is -2.19. The Hall–Kier alpha value is -3.08. The SMILES string of the molecule is CCn1c(=O)ccc2c(-c3ccc(F)cc3)c(C=CC=O)c(C(C)C)nc21. The van der Waals surface area contributed by atoms with E-state index in [4.69, 9.17) is 4.98 Å². The number of nitrogens with zero attached hydrogens (tertiary/aromatic N) is 2. The number of hydrogen-bond acceptors (Lipinski definition) is 3. The van der Waals surface area contributed by atoms with Gasteiger partial charge in [0, 0.05) is 29.1 Å². The van der Waals surface area contributed by atoms with Crippen molar-refractivity contribution < 1.29 is 9.18 Å². The first-order valence-electron chi connectivity index (χ1n) is 8.93. The zero-order valence-electron chi connectivity index (χ0n) is 15.6. The van der Waals surface area contributed by atoms with E-state index in [1.165, 1.54) is 24.3 Å². The van der Waals surface area contributed by atoms with Crippen molar-refractivity contribution in [1.82, 2.24) is 9.55 Å². The predicted octanol–water partition coefficient (Wildman–Crippen LogP) is 4.56. The van der Waals surface area contributed by atoms with E-state index in [0.717, 1.165) is 34.1 Å². The maximum absolute atomic E-state index is 13.5. The molecule has 138 valence electrons. The first-order valence-corrected chi connectivity index (χ1v) is 8.93. The lowest BCUT2D eigenvalue weighted by molar-refractivity contribution is -0.104.